The smallest absolute Gasteiger partial charge is 0.227 e. The Labute approximate surface area is 100 Å². The molecule has 88 valence electrons. The Morgan fingerprint density at radius 3 is 2.94 bits per heavy atom. The van der Waals surface area contributed by atoms with Crippen molar-refractivity contribution < 1.29 is 9.53 Å². The fourth-order valence-electron chi connectivity index (χ4n) is 1.84. The second-order valence-electron chi connectivity index (χ2n) is 3.99. The van der Waals surface area contributed by atoms with E-state index < -0.39 is 6.10 Å². The second-order valence-corrected chi connectivity index (χ2v) is 3.99. The van der Waals surface area contributed by atoms with Crippen LogP contribution < -0.4 is 0 Å². The number of hydrogen-bond acceptors (Lipinski definition) is 3. The molecule has 1 heterocycles. The third-order valence-corrected chi connectivity index (χ3v) is 2.76. The lowest BCUT2D eigenvalue weighted by atomic mass is 10.1. The lowest BCUT2D eigenvalue weighted by molar-refractivity contribution is -0.136. The van der Waals surface area contributed by atoms with E-state index in [4.69, 9.17) is 10.00 Å². The first-order chi connectivity index (χ1) is 8.29. The molecule has 1 fully saturated rings. The van der Waals surface area contributed by atoms with Crippen molar-refractivity contribution in [2.45, 2.75) is 12.5 Å². The van der Waals surface area contributed by atoms with Crippen molar-refractivity contribution in [3.63, 3.8) is 0 Å². The summed E-state index contributed by atoms with van der Waals surface area (Å²) in [5.41, 5.74) is 0.998. The number of benzene rings is 1. The monoisotopic (exact) mass is 230 g/mol. The van der Waals surface area contributed by atoms with Crippen molar-refractivity contribution in [1.82, 2.24) is 4.90 Å². The lowest BCUT2D eigenvalue weighted by Gasteiger charge is -2.29. The molecule has 17 heavy (non-hydrogen) atoms. The first-order valence-corrected chi connectivity index (χ1v) is 5.62. The van der Waals surface area contributed by atoms with Gasteiger partial charge in [0.05, 0.1) is 25.6 Å². The molecular formula is C13H14N2O2. The molecule has 4 heteroatoms. The van der Waals surface area contributed by atoms with E-state index in [2.05, 4.69) is 0 Å². The van der Waals surface area contributed by atoms with Crippen LogP contribution in [0.1, 0.15) is 5.56 Å². The van der Waals surface area contributed by atoms with Crippen LogP contribution in [-0.4, -0.2) is 36.6 Å². The molecule has 0 spiro atoms. The molecule has 1 saturated heterocycles. The van der Waals surface area contributed by atoms with Crippen LogP contribution in [-0.2, 0) is 16.0 Å². The third kappa shape index (κ3) is 3.05. The SMILES string of the molecule is N#CC1CN(C(=O)Cc2ccccc2)CCO1. The fourth-order valence-corrected chi connectivity index (χ4v) is 1.84. The summed E-state index contributed by atoms with van der Waals surface area (Å²) in [6, 6.07) is 11.7. The Balaban J connectivity index is 1.94. The molecule has 1 amide bonds. The molecule has 1 aliphatic rings. The van der Waals surface area contributed by atoms with Crippen LogP contribution in [0, 0.1) is 11.3 Å². The number of nitrogens with zero attached hydrogens (tertiary/aromatic N) is 2. The standard InChI is InChI=1S/C13H14N2O2/c14-9-12-10-15(6-7-17-12)13(16)8-11-4-2-1-3-5-11/h1-5,12H,6-8,10H2. The number of carbonyl (C=O) groups excluding carboxylic acids is 1. The van der Waals surface area contributed by atoms with E-state index in [1.165, 1.54) is 0 Å². The van der Waals surface area contributed by atoms with Gasteiger partial charge in [-0.3, -0.25) is 4.79 Å². The van der Waals surface area contributed by atoms with Crippen LogP contribution in [0.15, 0.2) is 30.3 Å². The molecule has 1 unspecified atom stereocenters. The topological polar surface area (TPSA) is 53.3 Å². The lowest BCUT2D eigenvalue weighted by Crippen LogP contribution is -2.45. The maximum Gasteiger partial charge on any atom is 0.227 e. The van der Waals surface area contributed by atoms with Crippen LogP contribution in [0.4, 0.5) is 0 Å². The largest absolute Gasteiger partial charge is 0.360 e. The number of carbonyl (C=O) groups is 1. The summed E-state index contributed by atoms with van der Waals surface area (Å²) >= 11 is 0. The maximum atomic E-state index is 12.0. The van der Waals surface area contributed by atoms with Crippen molar-refractivity contribution in [3.05, 3.63) is 35.9 Å². The van der Waals surface area contributed by atoms with E-state index in [0.717, 1.165) is 5.56 Å². The highest BCUT2D eigenvalue weighted by Gasteiger charge is 2.23. The zero-order chi connectivity index (χ0) is 12.1. The van der Waals surface area contributed by atoms with Gasteiger partial charge < -0.3 is 9.64 Å². The minimum atomic E-state index is -0.483. The summed E-state index contributed by atoms with van der Waals surface area (Å²) in [4.78, 5) is 13.7. The molecule has 1 atom stereocenters. The van der Waals surface area contributed by atoms with Gasteiger partial charge in [0.2, 0.25) is 5.91 Å². The van der Waals surface area contributed by atoms with Crippen LogP contribution in [0.25, 0.3) is 0 Å². The van der Waals surface area contributed by atoms with E-state index >= 15 is 0 Å². The minimum Gasteiger partial charge on any atom is -0.360 e. The summed E-state index contributed by atoms with van der Waals surface area (Å²) in [6.07, 6.45) is -0.0950. The molecule has 0 saturated carbocycles. The highest BCUT2D eigenvalue weighted by molar-refractivity contribution is 5.78. The average molecular weight is 230 g/mol. The predicted octanol–water partition coefficient (Wildman–Crippen LogP) is 0.980. The van der Waals surface area contributed by atoms with Gasteiger partial charge in [-0.25, -0.2) is 0 Å². The first-order valence-electron chi connectivity index (χ1n) is 5.62. The Kier molecular flexibility index (Phi) is 3.73. The first kappa shape index (κ1) is 11.6. The van der Waals surface area contributed by atoms with Gasteiger partial charge in [-0.2, -0.15) is 5.26 Å². The molecular weight excluding hydrogens is 216 g/mol. The minimum absolute atomic E-state index is 0.0553. The Morgan fingerprint density at radius 2 is 2.24 bits per heavy atom. The predicted molar refractivity (Wildman–Crippen MR) is 62.1 cm³/mol. The molecule has 0 aliphatic carbocycles. The number of ether oxygens (including phenoxy) is 1. The summed E-state index contributed by atoms with van der Waals surface area (Å²) in [5.74, 6) is 0.0553. The third-order valence-electron chi connectivity index (χ3n) is 2.76. The Bertz CT molecular complexity index is 425. The molecule has 1 aliphatic heterocycles. The van der Waals surface area contributed by atoms with E-state index in [1.807, 2.05) is 36.4 Å². The van der Waals surface area contributed by atoms with Gasteiger partial charge in [-0.1, -0.05) is 30.3 Å². The molecule has 0 aromatic heterocycles. The van der Waals surface area contributed by atoms with Gasteiger partial charge in [0.15, 0.2) is 6.10 Å². The van der Waals surface area contributed by atoms with Crippen LogP contribution in [0.2, 0.25) is 0 Å². The normalized spacial score (nSPS) is 19.7. The summed E-state index contributed by atoms with van der Waals surface area (Å²) in [7, 11) is 0. The number of hydrogen-bond donors (Lipinski definition) is 0. The van der Waals surface area contributed by atoms with Crippen molar-refractivity contribution in [1.29, 1.82) is 5.26 Å². The molecule has 0 radical (unpaired) electrons. The van der Waals surface area contributed by atoms with Crippen LogP contribution in [0.5, 0.6) is 0 Å². The number of morpholine rings is 1. The highest BCUT2D eigenvalue weighted by Crippen LogP contribution is 2.08. The van der Waals surface area contributed by atoms with E-state index in [9.17, 15) is 4.79 Å². The van der Waals surface area contributed by atoms with Gasteiger partial charge in [-0.15, -0.1) is 0 Å². The quantitative estimate of drug-likeness (QED) is 0.761. The highest BCUT2D eigenvalue weighted by atomic mass is 16.5. The fraction of sp³-hybridized carbons (Fsp3) is 0.385. The van der Waals surface area contributed by atoms with E-state index in [0.29, 0.717) is 26.1 Å². The Hall–Kier alpha value is -1.86. The van der Waals surface area contributed by atoms with Crippen LogP contribution in [0.3, 0.4) is 0 Å². The van der Waals surface area contributed by atoms with E-state index in [-0.39, 0.29) is 5.91 Å². The van der Waals surface area contributed by atoms with Crippen molar-refractivity contribution in [3.8, 4) is 6.07 Å². The van der Waals surface area contributed by atoms with Crippen molar-refractivity contribution >= 4 is 5.91 Å². The van der Waals surface area contributed by atoms with Crippen molar-refractivity contribution in [2.24, 2.45) is 0 Å². The summed E-state index contributed by atoms with van der Waals surface area (Å²) in [5, 5.41) is 8.77. The van der Waals surface area contributed by atoms with Gasteiger partial charge in [0.25, 0.3) is 0 Å². The summed E-state index contributed by atoms with van der Waals surface area (Å²) < 4.78 is 5.20. The summed E-state index contributed by atoms with van der Waals surface area (Å²) in [6.45, 7) is 1.39. The molecule has 1 aromatic rings. The number of nitriles is 1. The molecule has 2 rings (SSSR count). The van der Waals surface area contributed by atoms with E-state index in [1.54, 1.807) is 4.90 Å². The average Bonchev–Trinajstić information content (AvgIpc) is 2.40. The van der Waals surface area contributed by atoms with Crippen LogP contribution >= 0.6 is 0 Å². The van der Waals surface area contributed by atoms with Gasteiger partial charge in [0.1, 0.15) is 0 Å². The molecule has 0 N–H and O–H groups in total. The molecule has 4 nitrogen and oxygen atoms in total. The molecule has 1 aromatic carbocycles. The number of rotatable bonds is 2. The second kappa shape index (κ2) is 5.46. The van der Waals surface area contributed by atoms with Gasteiger partial charge in [0, 0.05) is 6.54 Å². The zero-order valence-corrected chi connectivity index (χ0v) is 9.50. The zero-order valence-electron chi connectivity index (χ0n) is 9.50. The van der Waals surface area contributed by atoms with Gasteiger partial charge >= 0.3 is 0 Å². The van der Waals surface area contributed by atoms with Gasteiger partial charge in [-0.05, 0) is 5.56 Å². The maximum absolute atomic E-state index is 12.0. The Morgan fingerprint density at radius 1 is 1.47 bits per heavy atom. The van der Waals surface area contributed by atoms with Crippen molar-refractivity contribution in [2.75, 3.05) is 19.7 Å². The molecule has 0 bridgehead atoms. The number of amides is 1.